The summed E-state index contributed by atoms with van der Waals surface area (Å²) in [7, 11) is 1.34. The van der Waals surface area contributed by atoms with Gasteiger partial charge in [-0.25, -0.2) is 14.8 Å². The van der Waals surface area contributed by atoms with E-state index in [1.807, 2.05) is 11.8 Å². The average molecular weight is 368 g/mol. The molecule has 27 heavy (non-hydrogen) atoms. The fourth-order valence-electron chi connectivity index (χ4n) is 3.21. The molecule has 1 saturated heterocycles. The predicted molar refractivity (Wildman–Crippen MR) is 102 cm³/mol. The molecule has 7 heteroatoms. The number of hydrogen-bond donors (Lipinski definition) is 1. The first-order valence-electron chi connectivity index (χ1n) is 9.06. The van der Waals surface area contributed by atoms with E-state index in [0.717, 1.165) is 31.6 Å². The summed E-state index contributed by atoms with van der Waals surface area (Å²) in [6.07, 6.45) is 2.18. The van der Waals surface area contributed by atoms with Crippen LogP contribution < -0.4 is 5.32 Å². The molecule has 1 N–H and O–H groups in total. The van der Waals surface area contributed by atoms with Crippen LogP contribution in [0.15, 0.2) is 30.3 Å². The molecule has 3 rings (SSSR count). The Kier molecular flexibility index (Phi) is 5.69. The maximum Gasteiger partial charge on any atom is 0.337 e. The molecule has 1 unspecified atom stereocenters. The summed E-state index contributed by atoms with van der Waals surface area (Å²) in [6, 6.07) is 8.51. The highest BCUT2D eigenvalue weighted by Gasteiger charge is 2.23. The highest BCUT2D eigenvalue weighted by Crippen LogP contribution is 2.19. The molecule has 1 aliphatic heterocycles. The molecule has 0 radical (unpaired) electrons. The van der Waals surface area contributed by atoms with Crippen molar-refractivity contribution in [1.82, 2.24) is 14.9 Å². The summed E-state index contributed by atoms with van der Waals surface area (Å²) in [4.78, 5) is 34.9. The molecule has 1 aliphatic rings. The van der Waals surface area contributed by atoms with E-state index in [1.165, 1.54) is 7.11 Å². The molecule has 1 amide bonds. The van der Waals surface area contributed by atoms with Gasteiger partial charge in [0.05, 0.1) is 12.7 Å². The summed E-state index contributed by atoms with van der Waals surface area (Å²) in [5, 5.41) is 3.09. The van der Waals surface area contributed by atoms with E-state index in [1.54, 1.807) is 30.3 Å². The number of esters is 1. The first-order chi connectivity index (χ1) is 13.0. The molecule has 0 spiro atoms. The number of amides is 1. The number of benzene rings is 1. The number of rotatable bonds is 4. The van der Waals surface area contributed by atoms with Crippen LogP contribution in [-0.2, 0) is 4.74 Å². The van der Waals surface area contributed by atoms with E-state index in [-0.39, 0.29) is 5.91 Å². The molecule has 0 aliphatic carbocycles. The number of ether oxygens (including phenoxy) is 1. The van der Waals surface area contributed by atoms with Crippen molar-refractivity contribution in [2.24, 2.45) is 5.92 Å². The van der Waals surface area contributed by atoms with E-state index in [9.17, 15) is 9.59 Å². The molecule has 7 nitrogen and oxygen atoms in total. The zero-order valence-corrected chi connectivity index (χ0v) is 15.9. The molecular formula is C20H24N4O3. The minimum Gasteiger partial charge on any atom is -0.465 e. The Labute approximate surface area is 158 Å². The SMILES string of the molecule is COC(=O)c1ccc(Nc2nc(C)cc(C(=O)N3CCCC(C)C3)n2)cc1. The first kappa shape index (κ1) is 18.8. The highest BCUT2D eigenvalue weighted by atomic mass is 16.5. The van der Waals surface area contributed by atoms with Gasteiger partial charge in [-0.2, -0.15) is 0 Å². The van der Waals surface area contributed by atoms with Gasteiger partial charge in [0.25, 0.3) is 5.91 Å². The minimum atomic E-state index is -0.392. The lowest BCUT2D eigenvalue weighted by atomic mass is 10.00. The highest BCUT2D eigenvalue weighted by molar-refractivity contribution is 5.93. The number of carbonyl (C=O) groups is 2. The van der Waals surface area contributed by atoms with Crippen LogP contribution in [0.1, 0.15) is 46.3 Å². The Morgan fingerprint density at radius 1 is 1.22 bits per heavy atom. The largest absolute Gasteiger partial charge is 0.465 e. The summed E-state index contributed by atoms with van der Waals surface area (Å²) >= 11 is 0. The van der Waals surface area contributed by atoms with Gasteiger partial charge in [0.2, 0.25) is 5.95 Å². The molecule has 2 aromatic rings. The van der Waals surface area contributed by atoms with Crippen molar-refractivity contribution < 1.29 is 14.3 Å². The third-order valence-electron chi connectivity index (χ3n) is 4.58. The number of piperidine rings is 1. The average Bonchev–Trinajstić information content (AvgIpc) is 2.67. The number of methoxy groups -OCH3 is 1. The standard InChI is InChI=1S/C20H24N4O3/c1-13-5-4-10-24(12-13)18(25)17-11-14(2)21-20(23-17)22-16-8-6-15(7-9-16)19(26)27-3/h6-9,11,13H,4-5,10,12H2,1-3H3,(H,21,22,23). The predicted octanol–water partition coefficient (Wildman–Crippen LogP) is 3.19. The molecular weight excluding hydrogens is 344 g/mol. The van der Waals surface area contributed by atoms with Crippen LogP contribution in [0.2, 0.25) is 0 Å². The molecule has 1 aromatic heterocycles. The Hall–Kier alpha value is -2.96. The van der Waals surface area contributed by atoms with E-state index < -0.39 is 5.97 Å². The lowest BCUT2D eigenvalue weighted by Crippen LogP contribution is -2.39. The monoisotopic (exact) mass is 368 g/mol. The van der Waals surface area contributed by atoms with Gasteiger partial charge in [0.15, 0.2) is 0 Å². The van der Waals surface area contributed by atoms with Crippen LogP contribution in [0, 0.1) is 12.8 Å². The zero-order valence-electron chi connectivity index (χ0n) is 15.9. The van der Waals surface area contributed by atoms with Gasteiger partial charge < -0.3 is 15.0 Å². The van der Waals surface area contributed by atoms with Gasteiger partial charge >= 0.3 is 5.97 Å². The molecule has 1 aromatic carbocycles. The van der Waals surface area contributed by atoms with Gasteiger partial charge in [-0.15, -0.1) is 0 Å². The van der Waals surface area contributed by atoms with Crippen molar-refractivity contribution in [2.45, 2.75) is 26.7 Å². The normalized spacial score (nSPS) is 16.7. The van der Waals surface area contributed by atoms with Crippen molar-refractivity contribution in [1.29, 1.82) is 0 Å². The lowest BCUT2D eigenvalue weighted by Gasteiger charge is -2.30. The maximum atomic E-state index is 12.8. The number of carbonyl (C=O) groups excluding carboxylic acids is 2. The first-order valence-corrected chi connectivity index (χ1v) is 9.06. The number of likely N-dealkylation sites (tertiary alicyclic amines) is 1. The number of hydrogen-bond acceptors (Lipinski definition) is 6. The molecule has 0 saturated carbocycles. The third-order valence-corrected chi connectivity index (χ3v) is 4.58. The number of nitrogens with zero attached hydrogens (tertiary/aromatic N) is 3. The Morgan fingerprint density at radius 2 is 1.96 bits per heavy atom. The van der Waals surface area contributed by atoms with Crippen molar-refractivity contribution in [3.8, 4) is 0 Å². The zero-order chi connectivity index (χ0) is 19.4. The van der Waals surface area contributed by atoms with Gasteiger partial charge in [-0.3, -0.25) is 4.79 Å². The number of nitrogens with one attached hydrogen (secondary N) is 1. The fourth-order valence-corrected chi connectivity index (χ4v) is 3.21. The van der Waals surface area contributed by atoms with Crippen LogP contribution in [0.5, 0.6) is 0 Å². The van der Waals surface area contributed by atoms with E-state index >= 15 is 0 Å². The maximum absolute atomic E-state index is 12.8. The Bertz CT molecular complexity index is 836. The molecule has 142 valence electrons. The van der Waals surface area contributed by atoms with Gasteiger partial charge in [0.1, 0.15) is 5.69 Å². The second-order valence-corrected chi connectivity index (χ2v) is 6.91. The van der Waals surface area contributed by atoms with Gasteiger partial charge in [0, 0.05) is 24.5 Å². The summed E-state index contributed by atoms with van der Waals surface area (Å²) in [6.45, 7) is 5.53. The van der Waals surface area contributed by atoms with E-state index in [4.69, 9.17) is 4.74 Å². The second kappa shape index (κ2) is 8.16. The summed E-state index contributed by atoms with van der Waals surface area (Å²) < 4.78 is 4.69. The summed E-state index contributed by atoms with van der Waals surface area (Å²) in [5.74, 6) is 0.416. The topological polar surface area (TPSA) is 84.4 Å². The van der Waals surface area contributed by atoms with Crippen molar-refractivity contribution in [3.63, 3.8) is 0 Å². The molecule has 0 bridgehead atoms. The number of aryl methyl sites for hydroxylation is 1. The smallest absolute Gasteiger partial charge is 0.337 e. The summed E-state index contributed by atoms with van der Waals surface area (Å²) in [5.41, 5.74) is 2.29. The Balaban J connectivity index is 1.77. The van der Waals surface area contributed by atoms with E-state index in [0.29, 0.717) is 28.8 Å². The third kappa shape index (κ3) is 4.61. The number of aromatic nitrogens is 2. The number of anilines is 2. The lowest BCUT2D eigenvalue weighted by molar-refractivity contribution is 0.0600. The van der Waals surface area contributed by atoms with Gasteiger partial charge in [-0.1, -0.05) is 6.92 Å². The minimum absolute atomic E-state index is 0.0591. The quantitative estimate of drug-likeness (QED) is 0.835. The molecule has 2 heterocycles. The molecule has 1 atom stereocenters. The Morgan fingerprint density at radius 3 is 2.63 bits per heavy atom. The van der Waals surface area contributed by atoms with Crippen molar-refractivity contribution >= 4 is 23.5 Å². The fraction of sp³-hybridized carbons (Fsp3) is 0.400. The van der Waals surface area contributed by atoms with Crippen molar-refractivity contribution in [2.75, 3.05) is 25.5 Å². The van der Waals surface area contributed by atoms with E-state index in [2.05, 4.69) is 22.2 Å². The van der Waals surface area contributed by atoms with Gasteiger partial charge in [-0.05, 0) is 56.0 Å². The van der Waals surface area contributed by atoms with Crippen molar-refractivity contribution in [3.05, 3.63) is 47.3 Å². The van der Waals surface area contributed by atoms with Crippen LogP contribution in [0.25, 0.3) is 0 Å². The van der Waals surface area contributed by atoms with Crippen LogP contribution >= 0.6 is 0 Å². The van der Waals surface area contributed by atoms with Crippen LogP contribution in [0.3, 0.4) is 0 Å². The molecule has 1 fully saturated rings. The van der Waals surface area contributed by atoms with Crippen LogP contribution in [-0.4, -0.2) is 46.9 Å². The second-order valence-electron chi connectivity index (χ2n) is 6.91. The van der Waals surface area contributed by atoms with Crippen LogP contribution in [0.4, 0.5) is 11.6 Å².